The minimum atomic E-state index is -0.624. The number of urea groups is 1. The molecule has 0 aliphatic carbocycles. The Labute approximate surface area is 198 Å². The Kier molecular flexibility index (Phi) is 6.32. The molecule has 0 atom stereocenters. The summed E-state index contributed by atoms with van der Waals surface area (Å²) < 4.78 is 8.90. The van der Waals surface area contributed by atoms with Gasteiger partial charge in [-0.1, -0.05) is 17.7 Å². The van der Waals surface area contributed by atoms with Crippen LogP contribution in [0.4, 0.5) is 10.5 Å². The van der Waals surface area contributed by atoms with Gasteiger partial charge >= 0.3 is 11.7 Å². The molecule has 1 aromatic heterocycles. The number of carbonyl (C=O) groups is 1. The number of fused-ring (bicyclic) bond motifs is 3. The molecular weight excluding hydrogens is 430 g/mol. The van der Waals surface area contributed by atoms with Crippen LogP contribution in [0.2, 0.25) is 0 Å². The van der Waals surface area contributed by atoms with Crippen molar-refractivity contribution in [1.29, 1.82) is 0 Å². The van der Waals surface area contributed by atoms with E-state index in [1.54, 1.807) is 16.2 Å². The topological polar surface area (TPSA) is 104 Å². The zero-order valence-electron chi connectivity index (χ0n) is 20.4. The third-order valence-corrected chi connectivity index (χ3v) is 6.29. The van der Waals surface area contributed by atoms with Crippen LogP contribution in [-0.2, 0) is 19.5 Å². The molecule has 178 valence electrons. The summed E-state index contributed by atoms with van der Waals surface area (Å²) in [6, 6.07) is 9.64. The molecule has 34 heavy (non-hydrogen) atoms. The van der Waals surface area contributed by atoms with Crippen molar-refractivity contribution < 1.29 is 9.53 Å². The Morgan fingerprint density at radius 1 is 1.09 bits per heavy atom. The predicted molar refractivity (Wildman–Crippen MR) is 133 cm³/mol. The smallest absolute Gasteiger partial charge is 0.330 e. The van der Waals surface area contributed by atoms with Crippen LogP contribution in [0, 0.1) is 27.7 Å². The van der Waals surface area contributed by atoms with E-state index in [2.05, 4.69) is 36.5 Å². The molecule has 4 rings (SSSR count). The highest BCUT2D eigenvalue weighted by Crippen LogP contribution is 2.33. The molecule has 1 aliphatic rings. The van der Waals surface area contributed by atoms with Crippen LogP contribution in [0.3, 0.4) is 0 Å². The zero-order chi connectivity index (χ0) is 24.6. The number of ether oxygens (including phenoxy) is 1. The summed E-state index contributed by atoms with van der Waals surface area (Å²) in [5, 5.41) is 2.57. The van der Waals surface area contributed by atoms with E-state index in [1.807, 2.05) is 26.8 Å². The van der Waals surface area contributed by atoms with E-state index in [0.29, 0.717) is 12.0 Å². The summed E-state index contributed by atoms with van der Waals surface area (Å²) in [6.07, 6.45) is 0.727. The van der Waals surface area contributed by atoms with E-state index >= 15 is 0 Å². The number of amides is 2. The summed E-state index contributed by atoms with van der Waals surface area (Å²) in [5.41, 5.74) is 13.7. The lowest BCUT2D eigenvalue weighted by Gasteiger charge is -2.24. The van der Waals surface area contributed by atoms with Crippen molar-refractivity contribution in [1.82, 2.24) is 14.5 Å². The molecule has 0 unspecified atom stereocenters. The number of hydrogen-bond acceptors (Lipinski definition) is 4. The fourth-order valence-electron chi connectivity index (χ4n) is 4.75. The summed E-state index contributed by atoms with van der Waals surface area (Å²) in [4.78, 5) is 29.8. The van der Waals surface area contributed by atoms with E-state index in [4.69, 9.17) is 15.5 Å². The number of nitrogens with two attached hydrogens (primary N) is 1. The largest absolute Gasteiger partial charge is 0.496 e. The number of aryl methyl sites for hydroxylation is 5. The molecule has 1 aliphatic heterocycles. The Balaban J connectivity index is 1.97. The van der Waals surface area contributed by atoms with Crippen LogP contribution in [0.1, 0.15) is 27.8 Å². The van der Waals surface area contributed by atoms with Crippen LogP contribution < -0.4 is 27.0 Å². The van der Waals surface area contributed by atoms with E-state index in [-0.39, 0.29) is 18.8 Å². The van der Waals surface area contributed by atoms with E-state index < -0.39 is 6.03 Å². The van der Waals surface area contributed by atoms with Gasteiger partial charge in [-0.25, -0.2) is 14.6 Å². The highest BCUT2D eigenvalue weighted by atomic mass is 16.5. The lowest BCUT2D eigenvalue weighted by Crippen LogP contribution is -2.44. The summed E-state index contributed by atoms with van der Waals surface area (Å²) in [7, 11) is 1.67. The van der Waals surface area contributed by atoms with Gasteiger partial charge in [-0.3, -0.25) is 9.13 Å². The summed E-state index contributed by atoms with van der Waals surface area (Å²) >= 11 is 0. The standard InChI is InChI=1S/C26H31N5O3/c1-15-10-17(3)24(18(4)11-15)29-23-14-21-20-12-16(2)22(34-5)13-19(20)6-8-30(21)26(33)31(23)9-7-28-25(27)32/h10-14H,6-9H2,1-5H3,(H3,27,28,32). The molecule has 3 N–H and O–H groups in total. The Hall–Kier alpha value is -3.81. The average molecular weight is 462 g/mol. The Morgan fingerprint density at radius 2 is 1.79 bits per heavy atom. The van der Waals surface area contributed by atoms with Crippen molar-refractivity contribution in [2.75, 3.05) is 13.7 Å². The quantitative estimate of drug-likeness (QED) is 0.610. The maximum atomic E-state index is 13.6. The third kappa shape index (κ3) is 4.35. The van der Waals surface area contributed by atoms with Crippen molar-refractivity contribution >= 4 is 11.7 Å². The molecule has 2 amide bonds. The molecule has 0 spiro atoms. The van der Waals surface area contributed by atoms with Crippen LogP contribution >= 0.6 is 0 Å². The van der Waals surface area contributed by atoms with Crippen molar-refractivity contribution in [3.8, 4) is 17.0 Å². The minimum Gasteiger partial charge on any atom is -0.496 e. The fourth-order valence-corrected chi connectivity index (χ4v) is 4.75. The molecular formula is C26H31N5O3. The van der Waals surface area contributed by atoms with Crippen LogP contribution in [-0.4, -0.2) is 28.8 Å². The summed E-state index contributed by atoms with van der Waals surface area (Å²) in [5.74, 6) is 0.842. The number of methoxy groups -OCH3 is 1. The molecule has 0 radical (unpaired) electrons. The fraction of sp³-hybridized carbons (Fsp3) is 0.346. The normalized spacial score (nSPS) is 12.8. The predicted octanol–water partition coefficient (Wildman–Crippen LogP) is 3.02. The Bertz CT molecular complexity index is 1390. The zero-order valence-corrected chi connectivity index (χ0v) is 20.4. The molecule has 8 heteroatoms. The van der Waals surface area contributed by atoms with E-state index in [0.717, 1.165) is 56.9 Å². The van der Waals surface area contributed by atoms with Gasteiger partial charge in [-0.2, -0.15) is 0 Å². The molecule has 8 nitrogen and oxygen atoms in total. The van der Waals surface area contributed by atoms with Gasteiger partial charge in [0.2, 0.25) is 0 Å². The average Bonchev–Trinajstić information content (AvgIpc) is 2.77. The second kappa shape index (κ2) is 9.21. The van der Waals surface area contributed by atoms with Gasteiger partial charge in [0.15, 0.2) is 0 Å². The van der Waals surface area contributed by atoms with Gasteiger partial charge in [0.05, 0.1) is 18.5 Å². The monoisotopic (exact) mass is 461 g/mol. The molecule has 0 saturated heterocycles. The number of nitrogens with zero attached hydrogens (tertiary/aromatic N) is 3. The van der Waals surface area contributed by atoms with Crippen molar-refractivity contribution in [3.63, 3.8) is 0 Å². The van der Waals surface area contributed by atoms with Gasteiger partial charge in [0, 0.05) is 31.3 Å². The number of carbonyl (C=O) groups excluding carboxylic acids is 1. The first kappa shape index (κ1) is 23.4. The van der Waals surface area contributed by atoms with Gasteiger partial charge < -0.3 is 15.8 Å². The minimum absolute atomic E-state index is 0.163. The second-order valence-corrected chi connectivity index (χ2v) is 8.85. The molecule has 0 bridgehead atoms. The highest BCUT2D eigenvalue weighted by Gasteiger charge is 2.21. The maximum absolute atomic E-state index is 13.6. The molecule has 2 heterocycles. The third-order valence-electron chi connectivity index (χ3n) is 6.29. The van der Waals surface area contributed by atoms with Gasteiger partial charge in [-0.05, 0) is 68.5 Å². The lowest BCUT2D eigenvalue weighted by atomic mass is 9.95. The van der Waals surface area contributed by atoms with Crippen LogP contribution in [0.5, 0.6) is 5.75 Å². The summed E-state index contributed by atoms with van der Waals surface area (Å²) in [6.45, 7) is 9.15. The Morgan fingerprint density at radius 3 is 2.44 bits per heavy atom. The van der Waals surface area contributed by atoms with Gasteiger partial charge in [0.25, 0.3) is 0 Å². The molecule has 3 aromatic rings. The second-order valence-electron chi connectivity index (χ2n) is 8.85. The van der Waals surface area contributed by atoms with Gasteiger partial charge in [0.1, 0.15) is 11.2 Å². The van der Waals surface area contributed by atoms with E-state index in [9.17, 15) is 9.59 Å². The number of benzene rings is 2. The number of nitrogens with one attached hydrogen (secondary N) is 1. The van der Waals surface area contributed by atoms with Crippen molar-refractivity contribution in [2.24, 2.45) is 10.7 Å². The highest BCUT2D eigenvalue weighted by molar-refractivity contribution is 5.71. The number of primary amides is 1. The molecule has 2 aromatic carbocycles. The lowest BCUT2D eigenvalue weighted by molar-refractivity contribution is 0.248. The first-order valence-corrected chi connectivity index (χ1v) is 11.4. The van der Waals surface area contributed by atoms with Gasteiger partial charge in [-0.15, -0.1) is 0 Å². The van der Waals surface area contributed by atoms with Crippen molar-refractivity contribution in [3.05, 3.63) is 74.1 Å². The maximum Gasteiger partial charge on any atom is 0.330 e. The van der Waals surface area contributed by atoms with Crippen LogP contribution in [0.15, 0.2) is 40.1 Å². The number of aromatic nitrogens is 2. The number of rotatable bonds is 5. The van der Waals surface area contributed by atoms with E-state index in [1.165, 1.54) is 0 Å². The SMILES string of the molecule is COc1cc2c(cc1C)-c1cc(=Nc3c(C)cc(C)cc3C)n(CCNC(N)=O)c(=O)n1CC2. The molecule has 0 saturated carbocycles. The van der Waals surface area contributed by atoms with Crippen LogP contribution in [0.25, 0.3) is 11.3 Å². The first-order valence-electron chi connectivity index (χ1n) is 11.4. The van der Waals surface area contributed by atoms with Crippen molar-refractivity contribution in [2.45, 2.75) is 47.2 Å². The molecule has 0 fully saturated rings. The number of hydrogen-bond donors (Lipinski definition) is 2. The first-order chi connectivity index (χ1) is 16.2.